The zero-order chi connectivity index (χ0) is 10.7. The molecular formula is C9H16N4OS. The number of hydrogen-bond donors (Lipinski definition) is 1. The van der Waals surface area contributed by atoms with Gasteiger partial charge < -0.3 is 15.4 Å². The van der Waals surface area contributed by atoms with E-state index in [1.807, 2.05) is 11.9 Å². The fourth-order valence-electron chi connectivity index (χ4n) is 1.21. The van der Waals surface area contributed by atoms with Crippen LogP contribution in [0.2, 0.25) is 0 Å². The van der Waals surface area contributed by atoms with Crippen molar-refractivity contribution in [2.45, 2.75) is 12.8 Å². The lowest BCUT2D eigenvalue weighted by Crippen LogP contribution is -2.22. The minimum Gasteiger partial charge on any atom is -0.379 e. The van der Waals surface area contributed by atoms with Crippen molar-refractivity contribution >= 4 is 22.6 Å². The molecule has 0 amide bonds. The Morgan fingerprint density at radius 3 is 3.00 bits per heavy atom. The number of ether oxygens (including phenoxy) is 1. The van der Waals surface area contributed by atoms with E-state index in [0.717, 1.165) is 30.8 Å². The molecule has 1 heterocycles. The lowest BCUT2D eigenvalue weighted by molar-refractivity contribution is 0.131. The molecule has 2 rings (SSSR count). The molecule has 0 bridgehead atoms. The van der Waals surface area contributed by atoms with E-state index in [1.165, 1.54) is 24.4 Å². The second-order valence-corrected chi connectivity index (χ2v) is 4.61. The number of hydrogen-bond acceptors (Lipinski definition) is 6. The van der Waals surface area contributed by atoms with Gasteiger partial charge in [-0.25, -0.2) is 0 Å². The first-order valence-electron chi connectivity index (χ1n) is 5.14. The number of nitrogens with two attached hydrogens (primary N) is 1. The molecule has 0 unspecified atom stereocenters. The van der Waals surface area contributed by atoms with E-state index in [-0.39, 0.29) is 0 Å². The van der Waals surface area contributed by atoms with Gasteiger partial charge in [-0.15, -0.1) is 0 Å². The van der Waals surface area contributed by atoms with Gasteiger partial charge in [0, 0.05) is 31.7 Å². The Hall–Kier alpha value is -0.880. The Balaban J connectivity index is 1.64. The summed E-state index contributed by atoms with van der Waals surface area (Å²) >= 11 is 1.32. The minimum absolute atomic E-state index is 0.348. The van der Waals surface area contributed by atoms with Gasteiger partial charge in [-0.3, -0.25) is 0 Å². The first-order valence-corrected chi connectivity index (χ1v) is 5.91. The van der Waals surface area contributed by atoms with Crippen molar-refractivity contribution < 1.29 is 4.74 Å². The van der Waals surface area contributed by atoms with E-state index in [1.54, 1.807) is 0 Å². The van der Waals surface area contributed by atoms with Crippen molar-refractivity contribution in [1.29, 1.82) is 0 Å². The molecule has 6 heteroatoms. The molecule has 0 radical (unpaired) electrons. The van der Waals surface area contributed by atoms with Crippen LogP contribution in [-0.2, 0) is 4.74 Å². The molecule has 0 aliphatic heterocycles. The summed E-state index contributed by atoms with van der Waals surface area (Å²) in [6, 6.07) is 0. The minimum atomic E-state index is 0.348. The summed E-state index contributed by atoms with van der Waals surface area (Å²) < 4.78 is 9.47. The lowest BCUT2D eigenvalue weighted by Gasteiger charge is -2.14. The zero-order valence-corrected chi connectivity index (χ0v) is 9.66. The van der Waals surface area contributed by atoms with Crippen molar-refractivity contribution in [3.63, 3.8) is 0 Å². The first kappa shape index (κ1) is 10.6. The van der Waals surface area contributed by atoms with Gasteiger partial charge in [-0.05, 0) is 18.8 Å². The van der Waals surface area contributed by atoms with Crippen LogP contribution < -0.4 is 10.6 Å². The third-order valence-corrected chi connectivity index (χ3v) is 3.22. The number of aromatic nitrogens is 2. The monoisotopic (exact) mass is 228 g/mol. The fourth-order valence-corrected chi connectivity index (χ4v) is 1.79. The highest BCUT2D eigenvalue weighted by Crippen LogP contribution is 2.28. The summed E-state index contributed by atoms with van der Waals surface area (Å²) in [6.45, 7) is 2.49. The molecule has 0 atom stereocenters. The Morgan fingerprint density at radius 2 is 2.40 bits per heavy atom. The Kier molecular flexibility index (Phi) is 3.37. The molecule has 0 spiro atoms. The van der Waals surface area contributed by atoms with Gasteiger partial charge in [0.1, 0.15) is 0 Å². The number of rotatable bonds is 6. The van der Waals surface area contributed by atoms with Gasteiger partial charge in [-0.1, -0.05) is 0 Å². The zero-order valence-electron chi connectivity index (χ0n) is 8.85. The molecule has 0 aromatic carbocycles. The molecule has 1 saturated carbocycles. The molecule has 5 nitrogen and oxygen atoms in total. The van der Waals surface area contributed by atoms with Crippen LogP contribution in [0.3, 0.4) is 0 Å². The summed E-state index contributed by atoms with van der Waals surface area (Å²) in [5, 5.41) is 0.850. The maximum Gasteiger partial charge on any atom is 0.233 e. The summed E-state index contributed by atoms with van der Waals surface area (Å²) in [6.07, 6.45) is 2.67. The second kappa shape index (κ2) is 4.76. The van der Waals surface area contributed by atoms with Gasteiger partial charge in [0.25, 0.3) is 0 Å². The van der Waals surface area contributed by atoms with Gasteiger partial charge in [0.2, 0.25) is 11.1 Å². The van der Waals surface area contributed by atoms with Crippen molar-refractivity contribution in [1.82, 2.24) is 9.36 Å². The van der Waals surface area contributed by atoms with Gasteiger partial charge >= 0.3 is 0 Å². The third kappa shape index (κ3) is 3.32. The van der Waals surface area contributed by atoms with Crippen LogP contribution in [0.15, 0.2) is 0 Å². The smallest absolute Gasteiger partial charge is 0.233 e. The molecule has 1 aromatic rings. The average Bonchev–Trinajstić information content (AvgIpc) is 2.94. The summed E-state index contributed by atoms with van der Waals surface area (Å²) in [7, 11) is 1.97. The largest absolute Gasteiger partial charge is 0.379 e. The molecule has 0 saturated heterocycles. The number of nitrogens with zero attached hydrogens (tertiary/aromatic N) is 3. The first-order chi connectivity index (χ1) is 7.25. The van der Waals surface area contributed by atoms with Crippen LogP contribution in [-0.4, -0.2) is 36.2 Å². The highest BCUT2D eigenvalue weighted by Gasteiger charge is 2.21. The van der Waals surface area contributed by atoms with Crippen molar-refractivity contribution in [2.75, 3.05) is 37.4 Å². The van der Waals surface area contributed by atoms with E-state index in [2.05, 4.69) is 9.36 Å². The topological polar surface area (TPSA) is 64.3 Å². The quantitative estimate of drug-likeness (QED) is 0.735. The molecule has 1 aliphatic rings. The normalized spacial score (nSPS) is 15.5. The fraction of sp³-hybridized carbons (Fsp3) is 0.778. The van der Waals surface area contributed by atoms with E-state index in [9.17, 15) is 0 Å². The Labute approximate surface area is 93.4 Å². The number of likely N-dealkylation sites (N-methyl/N-ethyl adjacent to an activating group) is 1. The van der Waals surface area contributed by atoms with Crippen LogP contribution in [0.4, 0.5) is 11.1 Å². The van der Waals surface area contributed by atoms with E-state index >= 15 is 0 Å². The third-order valence-electron chi connectivity index (χ3n) is 2.38. The second-order valence-electron chi connectivity index (χ2n) is 3.87. The Bertz CT molecular complexity index is 313. The highest BCUT2D eigenvalue weighted by molar-refractivity contribution is 7.09. The molecule has 1 fully saturated rings. The molecule has 1 aliphatic carbocycles. The van der Waals surface area contributed by atoms with Crippen molar-refractivity contribution in [3.05, 3.63) is 0 Å². The van der Waals surface area contributed by atoms with Gasteiger partial charge in [-0.2, -0.15) is 9.36 Å². The molecule has 15 heavy (non-hydrogen) atoms. The molecule has 84 valence electrons. The Morgan fingerprint density at radius 1 is 1.60 bits per heavy atom. The summed E-state index contributed by atoms with van der Waals surface area (Å²) in [5.41, 5.74) is 5.45. The van der Waals surface area contributed by atoms with E-state index in [4.69, 9.17) is 10.5 Å². The predicted octanol–water partition coefficient (Wildman–Crippen LogP) is 0.983. The SMILES string of the molecule is CN(CCOCC1CC1)c1nc(N)ns1. The van der Waals surface area contributed by atoms with Gasteiger partial charge in [0.05, 0.1) is 6.61 Å². The predicted molar refractivity (Wildman–Crippen MR) is 61.1 cm³/mol. The van der Waals surface area contributed by atoms with E-state index < -0.39 is 0 Å². The summed E-state index contributed by atoms with van der Waals surface area (Å²) in [4.78, 5) is 6.11. The van der Waals surface area contributed by atoms with Gasteiger partial charge in [0.15, 0.2) is 0 Å². The van der Waals surface area contributed by atoms with Crippen LogP contribution in [0, 0.1) is 5.92 Å². The highest BCUT2D eigenvalue weighted by atomic mass is 32.1. The van der Waals surface area contributed by atoms with Crippen molar-refractivity contribution in [2.24, 2.45) is 5.92 Å². The van der Waals surface area contributed by atoms with Crippen LogP contribution in [0.1, 0.15) is 12.8 Å². The maximum atomic E-state index is 5.54. The average molecular weight is 228 g/mol. The molecule has 1 aromatic heterocycles. The number of nitrogen functional groups attached to an aromatic ring is 1. The number of anilines is 2. The van der Waals surface area contributed by atoms with E-state index in [0.29, 0.717) is 5.95 Å². The lowest BCUT2D eigenvalue weighted by atomic mass is 10.5. The standard InChI is InChI=1S/C9H16N4OS/c1-13(9-11-8(10)12-15-9)4-5-14-6-7-2-3-7/h7H,2-6H2,1H3,(H2,10,12). The van der Waals surface area contributed by atoms with Crippen LogP contribution >= 0.6 is 11.5 Å². The van der Waals surface area contributed by atoms with Crippen LogP contribution in [0.5, 0.6) is 0 Å². The molecular weight excluding hydrogens is 212 g/mol. The summed E-state index contributed by atoms with van der Waals surface area (Å²) in [5.74, 6) is 1.17. The van der Waals surface area contributed by atoms with Crippen LogP contribution in [0.25, 0.3) is 0 Å². The maximum absolute atomic E-state index is 5.54. The molecule has 2 N–H and O–H groups in total. The van der Waals surface area contributed by atoms with Crippen molar-refractivity contribution in [3.8, 4) is 0 Å².